The summed E-state index contributed by atoms with van der Waals surface area (Å²) in [5.41, 5.74) is 6.94. The average molecular weight is 312 g/mol. The summed E-state index contributed by atoms with van der Waals surface area (Å²) in [7, 11) is 1.60. The Bertz CT molecular complexity index is 573. The molecule has 0 fully saturated rings. The third kappa shape index (κ3) is 3.79. The summed E-state index contributed by atoms with van der Waals surface area (Å²) in [6.45, 7) is 0.318. The van der Waals surface area contributed by atoms with Crippen molar-refractivity contribution in [2.45, 2.75) is 6.04 Å². The van der Waals surface area contributed by atoms with Gasteiger partial charge in [0.25, 0.3) is 0 Å². The molecule has 106 valence electrons. The fourth-order valence-corrected chi connectivity index (χ4v) is 2.11. The number of benzene rings is 2. The number of halogens is 2. The maximum absolute atomic E-state index is 6.13. The molecule has 1 unspecified atom stereocenters. The largest absolute Gasteiger partial charge is 0.496 e. The summed E-state index contributed by atoms with van der Waals surface area (Å²) < 4.78 is 10.9. The van der Waals surface area contributed by atoms with Gasteiger partial charge in [0.15, 0.2) is 0 Å². The molecule has 0 aromatic heterocycles. The Morgan fingerprint density at radius 2 is 1.70 bits per heavy atom. The molecule has 2 aromatic rings. The molecule has 0 saturated carbocycles. The van der Waals surface area contributed by atoms with Crippen LogP contribution in [0, 0.1) is 0 Å². The van der Waals surface area contributed by atoms with Crippen molar-refractivity contribution in [2.24, 2.45) is 5.73 Å². The van der Waals surface area contributed by atoms with E-state index in [1.807, 2.05) is 0 Å². The monoisotopic (exact) mass is 311 g/mol. The van der Waals surface area contributed by atoms with Crippen molar-refractivity contribution in [1.82, 2.24) is 0 Å². The molecule has 0 aliphatic carbocycles. The van der Waals surface area contributed by atoms with E-state index in [0.29, 0.717) is 28.2 Å². The first kappa shape index (κ1) is 15.0. The van der Waals surface area contributed by atoms with E-state index in [2.05, 4.69) is 0 Å². The van der Waals surface area contributed by atoms with Gasteiger partial charge in [0.1, 0.15) is 18.1 Å². The van der Waals surface area contributed by atoms with E-state index in [-0.39, 0.29) is 6.04 Å². The highest BCUT2D eigenvalue weighted by molar-refractivity contribution is 6.30. The van der Waals surface area contributed by atoms with Gasteiger partial charge < -0.3 is 15.2 Å². The minimum atomic E-state index is -0.334. The van der Waals surface area contributed by atoms with E-state index >= 15 is 0 Å². The van der Waals surface area contributed by atoms with E-state index in [4.69, 9.17) is 38.4 Å². The Labute approximate surface area is 128 Å². The minimum absolute atomic E-state index is 0.318. The van der Waals surface area contributed by atoms with Crippen molar-refractivity contribution in [1.29, 1.82) is 0 Å². The number of nitrogens with two attached hydrogens (primary N) is 1. The van der Waals surface area contributed by atoms with Crippen molar-refractivity contribution in [3.05, 3.63) is 58.1 Å². The van der Waals surface area contributed by atoms with Crippen LogP contribution in [0.4, 0.5) is 0 Å². The third-order valence-electron chi connectivity index (χ3n) is 2.83. The molecule has 0 heterocycles. The summed E-state index contributed by atoms with van der Waals surface area (Å²) in [5, 5.41) is 1.28. The summed E-state index contributed by atoms with van der Waals surface area (Å²) in [5.74, 6) is 1.41. The SMILES string of the molecule is COc1ccc(Cl)cc1C(N)COc1ccc(Cl)cc1. The van der Waals surface area contributed by atoms with Crippen molar-refractivity contribution >= 4 is 23.2 Å². The second kappa shape index (κ2) is 6.84. The maximum atomic E-state index is 6.13. The first-order valence-corrected chi connectivity index (χ1v) is 6.83. The summed E-state index contributed by atoms with van der Waals surface area (Å²) in [4.78, 5) is 0. The van der Waals surface area contributed by atoms with Crippen molar-refractivity contribution < 1.29 is 9.47 Å². The zero-order chi connectivity index (χ0) is 14.5. The van der Waals surface area contributed by atoms with Gasteiger partial charge in [0.2, 0.25) is 0 Å². The zero-order valence-corrected chi connectivity index (χ0v) is 12.5. The van der Waals surface area contributed by atoms with Crippen LogP contribution in [-0.4, -0.2) is 13.7 Å². The van der Waals surface area contributed by atoms with Gasteiger partial charge in [-0.3, -0.25) is 0 Å². The third-order valence-corrected chi connectivity index (χ3v) is 3.32. The zero-order valence-electron chi connectivity index (χ0n) is 11.0. The molecule has 1 atom stereocenters. The van der Waals surface area contributed by atoms with Gasteiger partial charge in [-0.25, -0.2) is 0 Å². The lowest BCUT2D eigenvalue weighted by Gasteiger charge is -2.17. The molecule has 2 aromatic carbocycles. The Kier molecular flexibility index (Phi) is 5.12. The molecule has 0 amide bonds. The highest BCUT2D eigenvalue weighted by Gasteiger charge is 2.13. The Balaban J connectivity index is 2.06. The van der Waals surface area contributed by atoms with Gasteiger partial charge in [-0.2, -0.15) is 0 Å². The maximum Gasteiger partial charge on any atom is 0.123 e. The fourth-order valence-electron chi connectivity index (χ4n) is 1.80. The Hall–Kier alpha value is -1.42. The normalized spacial score (nSPS) is 12.0. The molecule has 0 bridgehead atoms. The van der Waals surface area contributed by atoms with Gasteiger partial charge >= 0.3 is 0 Å². The van der Waals surface area contributed by atoms with E-state index in [9.17, 15) is 0 Å². The van der Waals surface area contributed by atoms with Gasteiger partial charge in [0.05, 0.1) is 13.2 Å². The van der Waals surface area contributed by atoms with Crippen LogP contribution in [0.2, 0.25) is 10.0 Å². The lowest BCUT2D eigenvalue weighted by atomic mass is 10.1. The van der Waals surface area contributed by atoms with Gasteiger partial charge in [-0.05, 0) is 42.5 Å². The van der Waals surface area contributed by atoms with Gasteiger partial charge in [-0.1, -0.05) is 23.2 Å². The molecular weight excluding hydrogens is 297 g/mol. The predicted molar refractivity (Wildman–Crippen MR) is 81.9 cm³/mol. The molecule has 3 nitrogen and oxygen atoms in total. The summed E-state index contributed by atoms with van der Waals surface area (Å²) in [6.07, 6.45) is 0. The van der Waals surface area contributed by atoms with E-state index in [1.165, 1.54) is 0 Å². The Morgan fingerprint density at radius 3 is 2.35 bits per heavy atom. The standard InChI is InChI=1S/C15H15Cl2NO2/c1-19-15-7-4-11(17)8-13(15)14(18)9-20-12-5-2-10(16)3-6-12/h2-8,14H,9,18H2,1H3. The topological polar surface area (TPSA) is 44.5 Å². The van der Waals surface area contributed by atoms with Gasteiger partial charge in [0, 0.05) is 15.6 Å². The molecule has 5 heteroatoms. The first-order chi connectivity index (χ1) is 9.60. The first-order valence-electron chi connectivity index (χ1n) is 6.07. The quantitative estimate of drug-likeness (QED) is 0.904. The van der Waals surface area contributed by atoms with Crippen molar-refractivity contribution in [3.63, 3.8) is 0 Å². The smallest absolute Gasteiger partial charge is 0.123 e. The number of hydrogen-bond acceptors (Lipinski definition) is 3. The molecular formula is C15H15Cl2NO2. The van der Waals surface area contributed by atoms with Crippen LogP contribution < -0.4 is 15.2 Å². The molecule has 20 heavy (non-hydrogen) atoms. The van der Waals surface area contributed by atoms with Crippen LogP contribution in [0.3, 0.4) is 0 Å². The van der Waals surface area contributed by atoms with Gasteiger partial charge in [-0.15, -0.1) is 0 Å². The number of hydrogen-bond donors (Lipinski definition) is 1. The van der Waals surface area contributed by atoms with Crippen molar-refractivity contribution in [2.75, 3.05) is 13.7 Å². The lowest BCUT2D eigenvalue weighted by Crippen LogP contribution is -2.19. The van der Waals surface area contributed by atoms with Crippen LogP contribution >= 0.6 is 23.2 Å². The molecule has 0 saturated heterocycles. The number of rotatable bonds is 5. The molecule has 0 aliphatic heterocycles. The summed E-state index contributed by atoms with van der Waals surface area (Å²) >= 11 is 11.8. The van der Waals surface area contributed by atoms with E-state index in [1.54, 1.807) is 49.6 Å². The average Bonchev–Trinajstić information content (AvgIpc) is 2.46. The van der Waals surface area contributed by atoms with Crippen LogP contribution in [-0.2, 0) is 0 Å². The second-order valence-electron chi connectivity index (χ2n) is 4.26. The van der Waals surface area contributed by atoms with Crippen LogP contribution in [0.5, 0.6) is 11.5 Å². The van der Waals surface area contributed by atoms with Crippen LogP contribution in [0.25, 0.3) is 0 Å². The Morgan fingerprint density at radius 1 is 1.05 bits per heavy atom. The lowest BCUT2D eigenvalue weighted by molar-refractivity contribution is 0.286. The van der Waals surface area contributed by atoms with Crippen LogP contribution in [0.1, 0.15) is 11.6 Å². The predicted octanol–water partition coefficient (Wildman–Crippen LogP) is 4.08. The number of methoxy groups -OCH3 is 1. The minimum Gasteiger partial charge on any atom is -0.496 e. The highest BCUT2D eigenvalue weighted by atomic mass is 35.5. The van der Waals surface area contributed by atoms with Crippen molar-refractivity contribution in [3.8, 4) is 11.5 Å². The van der Waals surface area contributed by atoms with E-state index in [0.717, 1.165) is 5.56 Å². The van der Waals surface area contributed by atoms with E-state index < -0.39 is 0 Å². The fraction of sp³-hybridized carbons (Fsp3) is 0.200. The molecule has 0 spiro atoms. The molecule has 0 radical (unpaired) electrons. The van der Waals surface area contributed by atoms with Crippen LogP contribution in [0.15, 0.2) is 42.5 Å². The number of ether oxygens (including phenoxy) is 2. The molecule has 2 rings (SSSR count). The molecule has 2 N–H and O–H groups in total. The second-order valence-corrected chi connectivity index (χ2v) is 5.13. The molecule has 0 aliphatic rings. The highest BCUT2D eigenvalue weighted by Crippen LogP contribution is 2.27. The summed E-state index contributed by atoms with van der Waals surface area (Å²) in [6, 6.07) is 12.1.